The first-order chi connectivity index (χ1) is 25.2. The summed E-state index contributed by atoms with van der Waals surface area (Å²) < 4.78 is 2.08. The molecule has 0 radical (unpaired) electrons. The van der Waals surface area contributed by atoms with E-state index in [0.29, 0.717) is 16.7 Å². The highest BCUT2D eigenvalue weighted by atomic mass is 15.0. The van der Waals surface area contributed by atoms with Gasteiger partial charge in [0.05, 0.1) is 45.5 Å². The van der Waals surface area contributed by atoms with Gasteiger partial charge in [-0.1, -0.05) is 115 Å². The van der Waals surface area contributed by atoms with Gasteiger partial charge in [0.15, 0.2) is 0 Å². The van der Waals surface area contributed by atoms with Crippen molar-refractivity contribution in [2.24, 2.45) is 0 Å². The molecule has 234 valence electrons. The highest BCUT2D eigenvalue weighted by Crippen LogP contribution is 2.44. The van der Waals surface area contributed by atoms with E-state index in [1.807, 2.05) is 72.8 Å². The molecular formula is C47H26N4. The Labute approximate surface area is 294 Å². The molecule has 51 heavy (non-hydrogen) atoms. The Morgan fingerprint density at radius 1 is 0.373 bits per heavy atom. The van der Waals surface area contributed by atoms with Gasteiger partial charge >= 0.3 is 0 Å². The van der Waals surface area contributed by atoms with E-state index in [2.05, 4.69) is 102 Å². The Morgan fingerprint density at radius 3 is 1.57 bits per heavy atom. The molecule has 0 fully saturated rings. The topological polar surface area (TPSA) is 76.3 Å². The average molecular weight is 647 g/mol. The number of para-hydroxylation sites is 1. The Morgan fingerprint density at radius 2 is 0.922 bits per heavy atom. The molecule has 0 amide bonds. The van der Waals surface area contributed by atoms with Crippen LogP contribution in [0.2, 0.25) is 0 Å². The third-order valence-corrected chi connectivity index (χ3v) is 9.89. The van der Waals surface area contributed by atoms with Gasteiger partial charge in [-0.05, 0) is 97.4 Å². The molecule has 0 unspecified atom stereocenters. The average Bonchev–Trinajstić information content (AvgIpc) is 3.53. The molecule has 0 spiro atoms. The summed E-state index contributed by atoms with van der Waals surface area (Å²) in [5.41, 5.74) is 10.2. The summed E-state index contributed by atoms with van der Waals surface area (Å²) in [5.74, 6) is 0. The maximum absolute atomic E-state index is 10.5. The van der Waals surface area contributed by atoms with E-state index in [0.717, 1.165) is 76.9 Å². The number of nitriles is 3. The molecule has 8 aromatic carbocycles. The summed E-state index contributed by atoms with van der Waals surface area (Å²) in [5, 5.41) is 37.1. The summed E-state index contributed by atoms with van der Waals surface area (Å²) >= 11 is 0. The molecule has 4 heteroatoms. The molecule has 4 nitrogen and oxygen atoms in total. The molecule has 1 heterocycles. The van der Waals surface area contributed by atoms with Gasteiger partial charge in [-0.3, -0.25) is 0 Å². The number of fused-ring (bicyclic) bond motifs is 5. The van der Waals surface area contributed by atoms with Crippen molar-refractivity contribution in [2.45, 2.75) is 0 Å². The maximum atomic E-state index is 10.5. The Balaban J connectivity index is 1.21. The first-order valence-corrected chi connectivity index (χ1v) is 16.7. The van der Waals surface area contributed by atoms with Crippen LogP contribution in [0.1, 0.15) is 16.7 Å². The standard InChI is InChI=1S/C47H26N4/c48-27-30-18-22-45-42(24-30)37-12-8-9-17-44(37)51(45)43-23-20-32(25-35(43)29-50)36-21-19-33(26-34(36)28-49)47-40-15-6-4-13-38(40)46(31-10-2-1-3-11-31)39-14-5-7-16-41(39)47/h1-26H. The van der Waals surface area contributed by atoms with E-state index >= 15 is 0 Å². The summed E-state index contributed by atoms with van der Waals surface area (Å²) in [4.78, 5) is 0. The van der Waals surface area contributed by atoms with E-state index in [-0.39, 0.29) is 0 Å². The minimum absolute atomic E-state index is 0.487. The van der Waals surface area contributed by atoms with E-state index in [9.17, 15) is 15.8 Å². The highest BCUT2D eigenvalue weighted by Gasteiger charge is 2.19. The van der Waals surface area contributed by atoms with Crippen LogP contribution in [0.25, 0.3) is 82.4 Å². The number of hydrogen-bond acceptors (Lipinski definition) is 3. The molecule has 0 aliphatic rings. The van der Waals surface area contributed by atoms with Gasteiger partial charge < -0.3 is 4.57 Å². The van der Waals surface area contributed by atoms with Crippen LogP contribution in [0.5, 0.6) is 0 Å². The molecule has 0 N–H and O–H groups in total. The Bertz CT molecular complexity index is 2940. The molecule has 0 saturated carbocycles. The third kappa shape index (κ3) is 4.66. The summed E-state index contributed by atoms with van der Waals surface area (Å²) in [6.07, 6.45) is 0. The molecule has 1 aromatic heterocycles. The van der Waals surface area contributed by atoms with Crippen molar-refractivity contribution in [2.75, 3.05) is 0 Å². The number of hydrogen-bond donors (Lipinski definition) is 0. The zero-order valence-corrected chi connectivity index (χ0v) is 27.3. The molecule has 0 aliphatic heterocycles. The molecule has 9 aromatic rings. The van der Waals surface area contributed by atoms with E-state index in [1.165, 1.54) is 5.56 Å². The predicted octanol–water partition coefficient (Wildman–Crippen LogP) is 11.7. The fourth-order valence-electron chi connectivity index (χ4n) is 7.69. The summed E-state index contributed by atoms with van der Waals surface area (Å²) in [6.45, 7) is 0. The van der Waals surface area contributed by atoms with Crippen molar-refractivity contribution in [3.05, 3.63) is 174 Å². The minimum Gasteiger partial charge on any atom is -0.308 e. The van der Waals surface area contributed by atoms with Crippen LogP contribution in [0.3, 0.4) is 0 Å². The molecule has 0 atom stereocenters. The van der Waals surface area contributed by atoms with Gasteiger partial charge in [-0.2, -0.15) is 15.8 Å². The number of benzene rings is 8. The van der Waals surface area contributed by atoms with Crippen LogP contribution in [-0.4, -0.2) is 4.57 Å². The fourth-order valence-corrected chi connectivity index (χ4v) is 7.69. The van der Waals surface area contributed by atoms with Gasteiger partial charge in [0.25, 0.3) is 0 Å². The number of nitrogens with zero attached hydrogens (tertiary/aromatic N) is 4. The van der Waals surface area contributed by atoms with E-state index < -0.39 is 0 Å². The smallest absolute Gasteiger partial charge is 0.101 e. The highest BCUT2D eigenvalue weighted by molar-refractivity contribution is 6.21. The zero-order chi connectivity index (χ0) is 34.5. The van der Waals surface area contributed by atoms with Crippen molar-refractivity contribution < 1.29 is 0 Å². The van der Waals surface area contributed by atoms with Crippen LogP contribution < -0.4 is 0 Å². The van der Waals surface area contributed by atoms with Crippen molar-refractivity contribution in [3.63, 3.8) is 0 Å². The van der Waals surface area contributed by atoms with Crippen LogP contribution >= 0.6 is 0 Å². The van der Waals surface area contributed by atoms with Crippen molar-refractivity contribution >= 4 is 43.4 Å². The van der Waals surface area contributed by atoms with Gasteiger partial charge in [-0.25, -0.2) is 0 Å². The van der Waals surface area contributed by atoms with E-state index in [4.69, 9.17) is 0 Å². The SMILES string of the molecule is N#Cc1ccc2c(c1)c1ccccc1n2-c1ccc(-c2ccc(-c3c4ccccc4c(-c4ccccc4)c4ccccc34)cc2C#N)cc1C#N. The normalized spacial score (nSPS) is 11.1. The fraction of sp³-hybridized carbons (Fsp3) is 0. The monoisotopic (exact) mass is 646 g/mol. The van der Waals surface area contributed by atoms with Crippen LogP contribution in [0.15, 0.2) is 158 Å². The Kier molecular flexibility index (Phi) is 6.93. The first kappa shape index (κ1) is 29.7. The second-order valence-electron chi connectivity index (χ2n) is 12.6. The molecule has 0 saturated heterocycles. The lowest BCUT2D eigenvalue weighted by Crippen LogP contribution is -1.98. The van der Waals surface area contributed by atoms with Crippen molar-refractivity contribution in [3.8, 4) is 57.3 Å². The van der Waals surface area contributed by atoms with Gasteiger partial charge in [-0.15, -0.1) is 0 Å². The molecular weight excluding hydrogens is 621 g/mol. The van der Waals surface area contributed by atoms with Gasteiger partial charge in [0.1, 0.15) is 6.07 Å². The third-order valence-electron chi connectivity index (χ3n) is 9.89. The number of aromatic nitrogens is 1. The first-order valence-electron chi connectivity index (χ1n) is 16.7. The largest absolute Gasteiger partial charge is 0.308 e. The lowest BCUT2D eigenvalue weighted by molar-refractivity contribution is 1.17. The van der Waals surface area contributed by atoms with E-state index in [1.54, 1.807) is 6.07 Å². The number of rotatable bonds is 4. The quantitative estimate of drug-likeness (QED) is 0.179. The molecule has 0 bridgehead atoms. The van der Waals surface area contributed by atoms with Crippen LogP contribution in [0.4, 0.5) is 0 Å². The lowest BCUT2D eigenvalue weighted by Gasteiger charge is -2.18. The van der Waals surface area contributed by atoms with Crippen molar-refractivity contribution in [1.82, 2.24) is 4.57 Å². The second kappa shape index (κ2) is 11.9. The van der Waals surface area contributed by atoms with Crippen molar-refractivity contribution in [1.29, 1.82) is 15.8 Å². The summed E-state index contributed by atoms with van der Waals surface area (Å²) in [6, 6.07) is 60.2. The minimum atomic E-state index is 0.487. The lowest BCUT2D eigenvalue weighted by atomic mass is 9.85. The maximum Gasteiger partial charge on any atom is 0.101 e. The van der Waals surface area contributed by atoms with Gasteiger partial charge in [0.2, 0.25) is 0 Å². The Hall–Kier alpha value is -7.45. The molecule has 9 rings (SSSR count). The van der Waals surface area contributed by atoms with Crippen LogP contribution in [0, 0.1) is 34.0 Å². The van der Waals surface area contributed by atoms with Gasteiger partial charge in [0, 0.05) is 10.8 Å². The van der Waals surface area contributed by atoms with Crippen LogP contribution in [-0.2, 0) is 0 Å². The predicted molar refractivity (Wildman–Crippen MR) is 206 cm³/mol. The molecule has 0 aliphatic carbocycles. The zero-order valence-electron chi connectivity index (χ0n) is 27.3. The second-order valence-corrected chi connectivity index (χ2v) is 12.6. The summed E-state index contributed by atoms with van der Waals surface area (Å²) in [7, 11) is 0.